The molecule has 2 fully saturated rings. The van der Waals surface area contributed by atoms with Gasteiger partial charge in [-0.25, -0.2) is 0 Å². The molecular weight excluding hydrogens is 361 g/mol. The lowest BCUT2D eigenvalue weighted by atomic mass is 9.73. The van der Waals surface area contributed by atoms with Crippen molar-refractivity contribution in [2.75, 3.05) is 21.0 Å². The lowest BCUT2D eigenvalue weighted by molar-refractivity contribution is -0.132. The molecule has 2 aliphatic heterocycles. The van der Waals surface area contributed by atoms with Gasteiger partial charge in [0.2, 0.25) is 0 Å². The Balaban J connectivity index is 1.96. The summed E-state index contributed by atoms with van der Waals surface area (Å²) in [6.07, 6.45) is 2.39. The molecule has 2 aliphatic rings. The van der Waals surface area contributed by atoms with Gasteiger partial charge in [0.15, 0.2) is 0 Å². The van der Waals surface area contributed by atoms with Crippen LogP contribution in [0.1, 0.15) is 37.7 Å². The van der Waals surface area contributed by atoms with E-state index in [0.717, 1.165) is 18.4 Å². The number of Topliss-reactive ketones (excluding diaryl/α,β-unsaturated/α-hetero) is 1. The number of hydrogen-bond donors (Lipinski definition) is 0. The van der Waals surface area contributed by atoms with Gasteiger partial charge in [-0.3, -0.25) is 9.69 Å². The quantitative estimate of drug-likeness (QED) is 0.689. The average molecular weight is 386 g/mol. The Morgan fingerprint density at radius 2 is 2.04 bits per heavy atom. The van der Waals surface area contributed by atoms with Crippen LogP contribution in [0.5, 0.6) is 0 Å². The summed E-state index contributed by atoms with van der Waals surface area (Å²) in [7, 11) is 3.73. The second-order valence-corrected chi connectivity index (χ2v) is 7.83. The number of halogens is 2. The number of hydrogen-bond acceptors (Lipinski definition) is 4. The van der Waals surface area contributed by atoms with Crippen LogP contribution < -0.4 is 0 Å². The highest BCUT2D eigenvalue weighted by Crippen LogP contribution is 2.48. The summed E-state index contributed by atoms with van der Waals surface area (Å²) >= 11 is 12.3. The zero-order chi connectivity index (χ0) is 18.1. The summed E-state index contributed by atoms with van der Waals surface area (Å²) in [6, 6.07) is 6.21. The first-order valence-corrected chi connectivity index (χ1v) is 9.53. The Labute approximate surface area is 159 Å². The van der Waals surface area contributed by atoms with Gasteiger partial charge < -0.3 is 9.47 Å². The second kappa shape index (κ2) is 7.93. The minimum Gasteiger partial charge on any atom is -0.359 e. The van der Waals surface area contributed by atoms with Crippen LogP contribution in [0.2, 0.25) is 10.0 Å². The van der Waals surface area contributed by atoms with Gasteiger partial charge in [-0.05, 0) is 43.5 Å². The third kappa shape index (κ3) is 3.60. The van der Waals surface area contributed by atoms with Crippen LogP contribution in [0.4, 0.5) is 0 Å². The van der Waals surface area contributed by atoms with Crippen molar-refractivity contribution < 1.29 is 14.3 Å². The van der Waals surface area contributed by atoms with Gasteiger partial charge in [0.25, 0.3) is 0 Å². The van der Waals surface area contributed by atoms with Gasteiger partial charge in [0.1, 0.15) is 12.6 Å². The first kappa shape index (κ1) is 19.1. The van der Waals surface area contributed by atoms with Gasteiger partial charge in [-0.2, -0.15) is 0 Å². The van der Waals surface area contributed by atoms with Crippen LogP contribution in [0, 0.1) is 5.92 Å². The molecule has 6 heteroatoms. The zero-order valence-corrected chi connectivity index (χ0v) is 16.4. The zero-order valence-electron chi connectivity index (χ0n) is 14.9. The van der Waals surface area contributed by atoms with Crippen molar-refractivity contribution in [3.63, 3.8) is 0 Å². The molecule has 0 saturated carbocycles. The predicted molar refractivity (Wildman–Crippen MR) is 99.3 cm³/mol. The number of nitrogens with zero attached hydrogens (tertiary/aromatic N) is 1. The number of benzene rings is 1. The minimum absolute atomic E-state index is 0.0169. The van der Waals surface area contributed by atoms with Crippen molar-refractivity contribution in [2.24, 2.45) is 5.92 Å². The molecule has 0 radical (unpaired) electrons. The Kier molecular flexibility index (Phi) is 6.07. The fourth-order valence-electron chi connectivity index (χ4n) is 4.56. The smallest absolute Gasteiger partial charge is 0.146 e. The van der Waals surface area contributed by atoms with Crippen molar-refractivity contribution in [2.45, 2.75) is 50.3 Å². The number of piperidine rings is 1. The maximum absolute atomic E-state index is 12.9. The van der Waals surface area contributed by atoms with E-state index < -0.39 is 0 Å². The van der Waals surface area contributed by atoms with Crippen LogP contribution >= 0.6 is 23.2 Å². The summed E-state index contributed by atoms with van der Waals surface area (Å²) in [5.74, 6) is 0.316. The van der Waals surface area contributed by atoms with E-state index in [-0.39, 0.29) is 36.6 Å². The molecule has 25 heavy (non-hydrogen) atoms. The molecule has 1 aromatic rings. The minimum atomic E-state index is -0.104. The van der Waals surface area contributed by atoms with Crippen LogP contribution in [0.15, 0.2) is 18.2 Å². The second-order valence-electron chi connectivity index (χ2n) is 7.02. The third-order valence-corrected chi connectivity index (χ3v) is 6.49. The average Bonchev–Trinajstić information content (AvgIpc) is 2.80. The number of carbonyl (C=O) groups is 1. The normalized spacial score (nSPS) is 32.1. The molecule has 0 aliphatic carbocycles. The highest BCUT2D eigenvalue weighted by Gasteiger charge is 2.53. The molecule has 5 atom stereocenters. The molecule has 0 spiro atoms. The van der Waals surface area contributed by atoms with Crippen LogP contribution in [0.3, 0.4) is 0 Å². The Morgan fingerprint density at radius 1 is 1.28 bits per heavy atom. The van der Waals surface area contributed by atoms with E-state index in [1.807, 2.05) is 25.1 Å². The van der Waals surface area contributed by atoms with Gasteiger partial charge in [-0.1, -0.05) is 36.2 Å². The summed E-state index contributed by atoms with van der Waals surface area (Å²) in [6.45, 7) is 2.19. The maximum Gasteiger partial charge on any atom is 0.146 e. The molecule has 2 saturated heterocycles. The van der Waals surface area contributed by atoms with Crippen molar-refractivity contribution in [3.8, 4) is 0 Å². The standard InChI is InChI=1S/C19H25Cl2NO3/c1-4-16(23)18-13(11-5-6-14(20)15(21)7-11)8-12-9-17(25-10-24-3)19(18)22(12)2/h5-7,12-13,17-19H,4,8-10H2,1-3H3/t12-,13+,17-,18-,19-/m1/s1. The van der Waals surface area contributed by atoms with Crippen LogP contribution in [0.25, 0.3) is 0 Å². The Morgan fingerprint density at radius 3 is 2.68 bits per heavy atom. The van der Waals surface area contributed by atoms with Crippen molar-refractivity contribution in [3.05, 3.63) is 33.8 Å². The first-order valence-electron chi connectivity index (χ1n) is 8.78. The Hall–Kier alpha value is -0.650. The predicted octanol–water partition coefficient (Wildman–Crippen LogP) is 4.14. The third-order valence-electron chi connectivity index (χ3n) is 5.75. The number of ether oxygens (including phenoxy) is 2. The highest BCUT2D eigenvalue weighted by molar-refractivity contribution is 6.42. The number of likely N-dealkylation sites (N-methyl/N-ethyl adjacent to an activating group) is 1. The van der Waals surface area contributed by atoms with E-state index in [1.54, 1.807) is 7.11 Å². The van der Waals surface area contributed by atoms with Crippen molar-refractivity contribution in [1.82, 2.24) is 4.90 Å². The van der Waals surface area contributed by atoms with Gasteiger partial charge in [0.05, 0.1) is 16.1 Å². The van der Waals surface area contributed by atoms with E-state index in [0.29, 0.717) is 22.5 Å². The van der Waals surface area contributed by atoms with Gasteiger partial charge in [0, 0.05) is 31.5 Å². The molecule has 2 heterocycles. The molecule has 0 unspecified atom stereocenters. The van der Waals surface area contributed by atoms with Crippen LogP contribution in [-0.4, -0.2) is 49.8 Å². The fraction of sp³-hybridized carbons (Fsp3) is 0.632. The fourth-order valence-corrected chi connectivity index (χ4v) is 4.87. The van der Waals surface area contributed by atoms with E-state index >= 15 is 0 Å². The monoisotopic (exact) mass is 385 g/mol. The molecule has 4 nitrogen and oxygen atoms in total. The Bertz CT molecular complexity index is 639. The van der Waals surface area contributed by atoms with Crippen LogP contribution in [-0.2, 0) is 14.3 Å². The van der Waals surface area contributed by atoms with E-state index in [4.69, 9.17) is 32.7 Å². The van der Waals surface area contributed by atoms with E-state index in [1.165, 1.54) is 0 Å². The van der Waals surface area contributed by atoms with Gasteiger partial charge in [-0.15, -0.1) is 0 Å². The SMILES string of the molecule is CCC(=O)[C@@H]1[C@H]2[C@H](OCOC)C[C@@H](C[C@H]1c1ccc(Cl)c(Cl)c1)N2C. The highest BCUT2D eigenvalue weighted by atomic mass is 35.5. The number of fused-ring (bicyclic) bond motifs is 2. The van der Waals surface area contributed by atoms with E-state index in [2.05, 4.69) is 11.9 Å². The molecule has 0 N–H and O–H groups in total. The molecule has 3 rings (SSSR count). The van der Waals surface area contributed by atoms with E-state index in [9.17, 15) is 4.79 Å². The topological polar surface area (TPSA) is 38.8 Å². The summed E-state index contributed by atoms with van der Waals surface area (Å²) in [5, 5.41) is 1.08. The lowest BCUT2D eigenvalue weighted by Crippen LogP contribution is -2.51. The lowest BCUT2D eigenvalue weighted by Gasteiger charge is -2.43. The number of ketones is 1. The summed E-state index contributed by atoms with van der Waals surface area (Å²) in [4.78, 5) is 15.2. The molecule has 2 bridgehead atoms. The summed E-state index contributed by atoms with van der Waals surface area (Å²) in [5.41, 5.74) is 1.09. The largest absolute Gasteiger partial charge is 0.359 e. The number of carbonyl (C=O) groups excluding carboxylic acids is 1. The van der Waals surface area contributed by atoms with Crippen molar-refractivity contribution >= 4 is 29.0 Å². The molecular formula is C19H25Cl2NO3. The molecule has 138 valence electrons. The number of rotatable bonds is 6. The molecule has 0 aromatic heterocycles. The van der Waals surface area contributed by atoms with Gasteiger partial charge >= 0.3 is 0 Å². The molecule has 1 aromatic carbocycles. The van der Waals surface area contributed by atoms with Crippen molar-refractivity contribution in [1.29, 1.82) is 0 Å². The summed E-state index contributed by atoms with van der Waals surface area (Å²) < 4.78 is 11.0. The maximum atomic E-state index is 12.9. The number of methoxy groups -OCH3 is 1. The molecule has 0 amide bonds. The first-order chi connectivity index (χ1) is 12.0.